The van der Waals surface area contributed by atoms with Gasteiger partial charge in [0, 0.05) is 11.8 Å². The van der Waals surface area contributed by atoms with Crippen molar-refractivity contribution in [1.29, 1.82) is 5.26 Å². The zero-order valence-electron chi connectivity index (χ0n) is 10.5. The summed E-state index contributed by atoms with van der Waals surface area (Å²) in [7, 11) is 0. The SMILES string of the molecule is N#CCc1ccc(Oc2ccc(C(=O)O)c(N)c2)cc1. The second-order valence-corrected chi connectivity index (χ2v) is 4.14. The number of rotatable bonds is 4. The Morgan fingerprint density at radius 1 is 1.20 bits per heavy atom. The van der Waals surface area contributed by atoms with E-state index in [0.29, 0.717) is 17.9 Å². The van der Waals surface area contributed by atoms with Crippen molar-refractivity contribution >= 4 is 11.7 Å². The van der Waals surface area contributed by atoms with Crippen molar-refractivity contribution in [3.05, 3.63) is 53.6 Å². The van der Waals surface area contributed by atoms with Crippen LogP contribution in [0.15, 0.2) is 42.5 Å². The highest BCUT2D eigenvalue weighted by Gasteiger charge is 2.08. The zero-order valence-corrected chi connectivity index (χ0v) is 10.5. The van der Waals surface area contributed by atoms with Crippen LogP contribution in [0.5, 0.6) is 11.5 Å². The second-order valence-electron chi connectivity index (χ2n) is 4.14. The van der Waals surface area contributed by atoms with Crippen molar-refractivity contribution in [3.63, 3.8) is 0 Å². The van der Waals surface area contributed by atoms with Gasteiger partial charge in [-0.15, -0.1) is 0 Å². The highest BCUT2D eigenvalue weighted by molar-refractivity contribution is 5.93. The van der Waals surface area contributed by atoms with Gasteiger partial charge < -0.3 is 15.6 Å². The summed E-state index contributed by atoms with van der Waals surface area (Å²) in [4.78, 5) is 10.8. The van der Waals surface area contributed by atoms with Crippen molar-refractivity contribution < 1.29 is 14.6 Å². The molecule has 0 saturated heterocycles. The van der Waals surface area contributed by atoms with Crippen LogP contribution in [0.1, 0.15) is 15.9 Å². The molecule has 5 heteroatoms. The lowest BCUT2D eigenvalue weighted by atomic mass is 10.1. The van der Waals surface area contributed by atoms with Crippen LogP contribution in [0.2, 0.25) is 0 Å². The minimum absolute atomic E-state index is 0.0433. The van der Waals surface area contributed by atoms with E-state index < -0.39 is 5.97 Å². The Hall–Kier alpha value is -3.00. The molecule has 0 fully saturated rings. The lowest BCUT2D eigenvalue weighted by Gasteiger charge is -2.08. The molecule has 2 rings (SSSR count). The van der Waals surface area contributed by atoms with Gasteiger partial charge in [-0.25, -0.2) is 4.79 Å². The van der Waals surface area contributed by atoms with Crippen molar-refractivity contribution in [2.24, 2.45) is 0 Å². The first-order valence-electron chi connectivity index (χ1n) is 5.86. The van der Waals surface area contributed by atoms with Crippen LogP contribution in [-0.4, -0.2) is 11.1 Å². The highest BCUT2D eigenvalue weighted by atomic mass is 16.5. The normalized spacial score (nSPS) is 9.75. The maximum absolute atomic E-state index is 10.8. The van der Waals surface area contributed by atoms with Gasteiger partial charge in [0.2, 0.25) is 0 Å². The average molecular weight is 268 g/mol. The molecular weight excluding hydrogens is 256 g/mol. The van der Waals surface area contributed by atoms with Gasteiger partial charge in [0.1, 0.15) is 11.5 Å². The Bertz CT molecular complexity index is 673. The number of hydrogen-bond donors (Lipinski definition) is 2. The maximum Gasteiger partial charge on any atom is 0.337 e. The third kappa shape index (κ3) is 3.06. The van der Waals surface area contributed by atoms with Crippen LogP contribution in [0.4, 0.5) is 5.69 Å². The molecular formula is C15H12N2O3. The fourth-order valence-electron chi connectivity index (χ4n) is 1.70. The molecule has 0 amide bonds. The van der Waals surface area contributed by atoms with Crippen LogP contribution in [-0.2, 0) is 6.42 Å². The van der Waals surface area contributed by atoms with Gasteiger partial charge in [0.05, 0.1) is 18.1 Å². The predicted octanol–water partition coefficient (Wildman–Crippen LogP) is 2.83. The number of nitriles is 1. The quantitative estimate of drug-likeness (QED) is 0.831. The summed E-state index contributed by atoms with van der Waals surface area (Å²) in [5.74, 6) is -0.0235. The number of hydrogen-bond acceptors (Lipinski definition) is 4. The molecule has 0 aliphatic carbocycles. The number of benzene rings is 2. The number of carbonyl (C=O) groups is 1. The van der Waals surface area contributed by atoms with E-state index in [1.165, 1.54) is 12.1 Å². The lowest BCUT2D eigenvalue weighted by molar-refractivity contribution is 0.0698. The second kappa shape index (κ2) is 5.76. The van der Waals surface area contributed by atoms with Crippen LogP contribution in [0.3, 0.4) is 0 Å². The zero-order chi connectivity index (χ0) is 14.5. The van der Waals surface area contributed by atoms with Gasteiger partial charge in [-0.05, 0) is 29.8 Å². The Labute approximate surface area is 115 Å². The van der Waals surface area contributed by atoms with Gasteiger partial charge >= 0.3 is 5.97 Å². The molecule has 5 nitrogen and oxygen atoms in total. The third-order valence-electron chi connectivity index (χ3n) is 2.70. The summed E-state index contributed by atoms with van der Waals surface area (Å²) in [6.07, 6.45) is 0.348. The van der Waals surface area contributed by atoms with Gasteiger partial charge in [0.25, 0.3) is 0 Å². The largest absolute Gasteiger partial charge is 0.478 e. The molecule has 100 valence electrons. The van der Waals surface area contributed by atoms with Gasteiger partial charge in [-0.2, -0.15) is 5.26 Å². The average Bonchev–Trinajstić information content (AvgIpc) is 2.41. The summed E-state index contributed by atoms with van der Waals surface area (Å²) in [6.45, 7) is 0. The summed E-state index contributed by atoms with van der Waals surface area (Å²) in [5.41, 5.74) is 6.74. The van der Waals surface area contributed by atoms with Gasteiger partial charge in [-0.3, -0.25) is 0 Å². The van der Waals surface area contributed by atoms with Crippen molar-refractivity contribution in [1.82, 2.24) is 0 Å². The molecule has 0 aromatic heterocycles. The lowest BCUT2D eigenvalue weighted by Crippen LogP contribution is -2.02. The Balaban J connectivity index is 2.16. The van der Waals surface area contributed by atoms with E-state index >= 15 is 0 Å². The molecule has 0 saturated carbocycles. The Morgan fingerprint density at radius 2 is 1.85 bits per heavy atom. The molecule has 2 aromatic rings. The first-order chi connectivity index (χ1) is 9.60. The smallest absolute Gasteiger partial charge is 0.337 e. The molecule has 0 heterocycles. The van der Waals surface area contributed by atoms with Crippen LogP contribution < -0.4 is 10.5 Å². The van der Waals surface area contributed by atoms with Gasteiger partial charge in [0.15, 0.2) is 0 Å². The monoisotopic (exact) mass is 268 g/mol. The van der Waals surface area contributed by atoms with Crippen molar-refractivity contribution in [2.75, 3.05) is 5.73 Å². The molecule has 20 heavy (non-hydrogen) atoms. The Morgan fingerprint density at radius 3 is 2.40 bits per heavy atom. The summed E-state index contributed by atoms with van der Waals surface area (Å²) in [5, 5.41) is 17.5. The number of anilines is 1. The molecule has 0 aliphatic heterocycles. The van der Waals surface area contributed by atoms with E-state index in [0.717, 1.165) is 5.56 Å². The number of nitrogen functional groups attached to an aromatic ring is 1. The molecule has 0 aliphatic rings. The fraction of sp³-hybridized carbons (Fsp3) is 0.0667. The number of aromatic carboxylic acids is 1. The fourth-order valence-corrected chi connectivity index (χ4v) is 1.70. The first kappa shape index (κ1) is 13.4. The highest BCUT2D eigenvalue weighted by Crippen LogP contribution is 2.25. The first-order valence-corrected chi connectivity index (χ1v) is 5.86. The molecule has 0 atom stereocenters. The van der Waals surface area contributed by atoms with E-state index in [4.69, 9.17) is 20.8 Å². The summed E-state index contributed by atoms with van der Waals surface area (Å²) < 4.78 is 5.57. The molecule has 3 N–H and O–H groups in total. The maximum atomic E-state index is 10.8. The minimum atomic E-state index is -1.07. The predicted molar refractivity (Wildman–Crippen MR) is 73.6 cm³/mol. The Kier molecular flexibility index (Phi) is 3.87. The number of carboxylic acids is 1. The van der Waals surface area contributed by atoms with E-state index in [-0.39, 0.29) is 11.3 Å². The topological polar surface area (TPSA) is 96.3 Å². The van der Waals surface area contributed by atoms with E-state index in [1.807, 2.05) is 0 Å². The molecule has 0 bridgehead atoms. The molecule has 0 spiro atoms. The molecule has 0 radical (unpaired) electrons. The number of nitrogens with zero attached hydrogens (tertiary/aromatic N) is 1. The van der Waals surface area contributed by atoms with E-state index in [2.05, 4.69) is 6.07 Å². The summed E-state index contributed by atoms with van der Waals surface area (Å²) in [6, 6.07) is 13.6. The summed E-state index contributed by atoms with van der Waals surface area (Å²) >= 11 is 0. The molecule has 2 aromatic carbocycles. The van der Waals surface area contributed by atoms with Gasteiger partial charge in [-0.1, -0.05) is 12.1 Å². The standard InChI is InChI=1S/C15H12N2O3/c16-8-7-10-1-3-11(4-2-10)20-12-5-6-13(15(18)19)14(17)9-12/h1-6,9H,7,17H2,(H,18,19). The minimum Gasteiger partial charge on any atom is -0.478 e. The number of ether oxygens (including phenoxy) is 1. The van der Waals surface area contributed by atoms with Crippen LogP contribution in [0.25, 0.3) is 0 Å². The number of nitrogens with two attached hydrogens (primary N) is 1. The van der Waals surface area contributed by atoms with Crippen molar-refractivity contribution in [2.45, 2.75) is 6.42 Å². The van der Waals surface area contributed by atoms with Crippen molar-refractivity contribution in [3.8, 4) is 17.6 Å². The van der Waals surface area contributed by atoms with E-state index in [9.17, 15) is 4.79 Å². The number of carboxylic acid groups (broad SMARTS) is 1. The third-order valence-corrected chi connectivity index (χ3v) is 2.70. The van der Waals surface area contributed by atoms with Crippen LogP contribution in [0, 0.1) is 11.3 Å². The van der Waals surface area contributed by atoms with Crippen LogP contribution >= 0.6 is 0 Å². The molecule has 0 unspecified atom stereocenters. The van der Waals surface area contributed by atoms with E-state index in [1.54, 1.807) is 30.3 Å².